The Morgan fingerprint density at radius 1 is 1.24 bits per heavy atom. The fraction of sp³-hybridized carbons (Fsp3) is 0.562. The minimum absolute atomic E-state index is 0.362. The molecule has 1 amide bonds. The average Bonchev–Trinajstić information content (AvgIpc) is 2.82. The molecule has 1 fully saturated rings. The van der Waals surface area contributed by atoms with Crippen molar-refractivity contribution >= 4 is 11.6 Å². The van der Waals surface area contributed by atoms with Crippen molar-refractivity contribution in [1.82, 2.24) is 10.6 Å². The van der Waals surface area contributed by atoms with Crippen molar-refractivity contribution in [2.24, 2.45) is 5.73 Å². The number of hydrogen-bond donors (Lipinski definition) is 3. The van der Waals surface area contributed by atoms with E-state index in [1.54, 1.807) is 0 Å². The van der Waals surface area contributed by atoms with E-state index in [4.69, 9.17) is 5.73 Å². The second-order valence-corrected chi connectivity index (χ2v) is 5.77. The lowest BCUT2D eigenvalue weighted by molar-refractivity contribution is 0.1000. The predicted molar refractivity (Wildman–Crippen MR) is 86.8 cm³/mol. The summed E-state index contributed by atoms with van der Waals surface area (Å²) in [7, 11) is 3.98. The number of carbonyl (C=O) groups excluding carboxylic acids is 1. The van der Waals surface area contributed by atoms with Gasteiger partial charge in [-0.1, -0.05) is 0 Å². The zero-order valence-electron chi connectivity index (χ0n) is 13.1. The third-order valence-corrected chi connectivity index (χ3v) is 4.27. The van der Waals surface area contributed by atoms with Crippen LogP contribution < -0.4 is 21.3 Å². The van der Waals surface area contributed by atoms with Crippen LogP contribution in [0.2, 0.25) is 0 Å². The van der Waals surface area contributed by atoms with Crippen molar-refractivity contribution in [3.8, 4) is 0 Å². The summed E-state index contributed by atoms with van der Waals surface area (Å²) >= 11 is 0. The Bertz CT molecular complexity index is 489. The van der Waals surface area contributed by atoms with E-state index in [9.17, 15) is 4.79 Å². The number of nitrogens with zero attached hydrogens (tertiary/aromatic N) is 1. The third kappa shape index (κ3) is 3.36. The number of carbonyl (C=O) groups is 1. The number of hydrogen-bond acceptors (Lipinski definition) is 4. The SMILES string of the molecule is CNCC1CCC(CNC)N1c1ccc(C(N)=O)c(C)c1. The lowest BCUT2D eigenvalue weighted by Crippen LogP contribution is -2.44. The summed E-state index contributed by atoms with van der Waals surface area (Å²) < 4.78 is 0. The monoisotopic (exact) mass is 290 g/mol. The number of rotatable bonds is 6. The van der Waals surface area contributed by atoms with Crippen LogP contribution in [0.3, 0.4) is 0 Å². The zero-order chi connectivity index (χ0) is 15.4. The first kappa shape index (κ1) is 15.8. The summed E-state index contributed by atoms with van der Waals surface area (Å²) in [5.41, 5.74) is 8.12. The summed E-state index contributed by atoms with van der Waals surface area (Å²) in [6.45, 7) is 3.88. The minimum Gasteiger partial charge on any atom is -0.366 e. The van der Waals surface area contributed by atoms with Crippen LogP contribution in [0.1, 0.15) is 28.8 Å². The zero-order valence-corrected chi connectivity index (χ0v) is 13.1. The second kappa shape index (κ2) is 6.91. The molecule has 0 saturated carbocycles. The van der Waals surface area contributed by atoms with Gasteiger partial charge in [0.15, 0.2) is 0 Å². The molecular formula is C16H26N4O. The summed E-state index contributed by atoms with van der Waals surface area (Å²) in [5.74, 6) is -0.362. The van der Waals surface area contributed by atoms with Gasteiger partial charge in [-0.15, -0.1) is 0 Å². The van der Waals surface area contributed by atoms with Gasteiger partial charge in [-0.2, -0.15) is 0 Å². The van der Waals surface area contributed by atoms with Gasteiger partial charge in [-0.3, -0.25) is 4.79 Å². The summed E-state index contributed by atoms with van der Waals surface area (Å²) in [6, 6.07) is 6.93. The fourth-order valence-corrected chi connectivity index (χ4v) is 3.34. The van der Waals surface area contributed by atoms with Gasteiger partial charge in [0.05, 0.1) is 0 Å². The molecule has 1 aliphatic heterocycles. The first-order chi connectivity index (χ1) is 10.1. The van der Waals surface area contributed by atoms with E-state index in [0.717, 1.165) is 18.7 Å². The molecule has 0 spiro atoms. The van der Waals surface area contributed by atoms with E-state index in [-0.39, 0.29) is 5.91 Å². The fourth-order valence-electron chi connectivity index (χ4n) is 3.34. The van der Waals surface area contributed by atoms with Crippen molar-refractivity contribution < 1.29 is 4.79 Å². The van der Waals surface area contributed by atoms with E-state index in [0.29, 0.717) is 17.6 Å². The van der Waals surface area contributed by atoms with E-state index in [2.05, 4.69) is 21.6 Å². The van der Waals surface area contributed by atoms with Gasteiger partial charge >= 0.3 is 0 Å². The molecule has 1 aliphatic rings. The predicted octanol–water partition coefficient (Wildman–Crippen LogP) is 0.870. The van der Waals surface area contributed by atoms with Crippen LogP contribution in [0, 0.1) is 6.92 Å². The largest absolute Gasteiger partial charge is 0.366 e. The summed E-state index contributed by atoms with van der Waals surface area (Å²) in [4.78, 5) is 13.9. The highest BCUT2D eigenvalue weighted by Crippen LogP contribution is 2.31. The Morgan fingerprint density at radius 3 is 2.24 bits per heavy atom. The van der Waals surface area contributed by atoms with E-state index < -0.39 is 0 Å². The number of nitrogens with two attached hydrogens (primary N) is 1. The van der Waals surface area contributed by atoms with E-state index in [1.165, 1.54) is 18.5 Å². The van der Waals surface area contributed by atoms with Crippen LogP contribution >= 0.6 is 0 Å². The topological polar surface area (TPSA) is 70.4 Å². The molecule has 0 aliphatic carbocycles. The van der Waals surface area contributed by atoms with Gasteiger partial charge in [0, 0.05) is 36.4 Å². The maximum Gasteiger partial charge on any atom is 0.248 e. The molecule has 0 radical (unpaired) electrons. The first-order valence-corrected chi connectivity index (χ1v) is 7.56. The van der Waals surface area contributed by atoms with Gasteiger partial charge in [0.2, 0.25) is 5.91 Å². The van der Waals surface area contributed by atoms with E-state index in [1.807, 2.05) is 33.2 Å². The van der Waals surface area contributed by atoms with Gasteiger partial charge < -0.3 is 21.3 Å². The Balaban J connectivity index is 2.30. The smallest absolute Gasteiger partial charge is 0.248 e. The molecule has 116 valence electrons. The standard InChI is InChI=1S/C16H26N4O/c1-11-8-12(6-7-15(11)16(17)21)20-13(9-18-2)4-5-14(20)10-19-3/h6-8,13-14,18-19H,4-5,9-10H2,1-3H3,(H2,17,21). The number of benzene rings is 1. The molecular weight excluding hydrogens is 264 g/mol. The number of nitrogens with one attached hydrogen (secondary N) is 2. The van der Waals surface area contributed by atoms with E-state index >= 15 is 0 Å². The highest BCUT2D eigenvalue weighted by atomic mass is 16.1. The highest BCUT2D eigenvalue weighted by molar-refractivity contribution is 5.94. The van der Waals surface area contributed by atoms with Gasteiger partial charge in [0.1, 0.15) is 0 Å². The van der Waals surface area contributed by atoms with Gasteiger partial charge in [-0.25, -0.2) is 0 Å². The molecule has 1 aromatic rings. The maximum absolute atomic E-state index is 11.4. The molecule has 5 nitrogen and oxygen atoms in total. The van der Waals surface area contributed by atoms with Crippen molar-refractivity contribution in [3.63, 3.8) is 0 Å². The minimum atomic E-state index is -0.362. The molecule has 0 bridgehead atoms. The summed E-state index contributed by atoms with van der Waals surface area (Å²) in [5, 5.41) is 6.56. The lowest BCUT2D eigenvalue weighted by atomic mass is 10.1. The Morgan fingerprint density at radius 2 is 1.81 bits per heavy atom. The quantitative estimate of drug-likeness (QED) is 0.727. The molecule has 1 heterocycles. The van der Waals surface area contributed by atoms with Crippen LogP contribution in [0.5, 0.6) is 0 Å². The van der Waals surface area contributed by atoms with Crippen LogP contribution in [-0.4, -0.2) is 45.2 Å². The van der Waals surface area contributed by atoms with Crippen LogP contribution in [0.15, 0.2) is 18.2 Å². The second-order valence-electron chi connectivity index (χ2n) is 5.77. The molecule has 2 atom stereocenters. The Hall–Kier alpha value is -1.59. The average molecular weight is 290 g/mol. The molecule has 0 aromatic heterocycles. The third-order valence-electron chi connectivity index (χ3n) is 4.27. The van der Waals surface area contributed by atoms with Crippen molar-refractivity contribution in [2.45, 2.75) is 31.8 Å². The van der Waals surface area contributed by atoms with Crippen molar-refractivity contribution in [1.29, 1.82) is 0 Å². The Labute approximate surface area is 126 Å². The number of primary amides is 1. The van der Waals surface area contributed by atoms with Gasteiger partial charge in [0.25, 0.3) is 0 Å². The Kier molecular flexibility index (Phi) is 5.20. The number of likely N-dealkylation sites (N-methyl/N-ethyl adjacent to an activating group) is 2. The van der Waals surface area contributed by atoms with Crippen molar-refractivity contribution in [2.75, 3.05) is 32.1 Å². The molecule has 4 N–H and O–H groups in total. The number of anilines is 1. The van der Waals surface area contributed by atoms with Crippen molar-refractivity contribution in [3.05, 3.63) is 29.3 Å². The first-order valence-electron chi connectivity index (χ1n) is 7.56. The molecule has 2 unspecified atom stereocenters. The van der Waals surface area contributed by atoms with Crippen LogP contribution in [0.4, 0.5) is 5.69 Å². The summed E-state index contributed by atoms with van der Waals surface area (Å²) in [6.07, 6.45) is 2.37. The van der Waals surface area contributed by atoms with Crippen LogP contribution in [0.25, 0.3) is 0 Å². The lowest BCUT2D eigenvalue weighted by Gasteiger charge is -2.33. The highest BCUT2D eigenvalue weighted by Gasteiger charge is 2.32. The molecule has 5 heteroatoms. The molecule has 2 rings (SSSR count). The normalized spacial score (nSPS) is 21.8. The number of amides is 1. The molecule has 21 heavy (non-hydrogen) atoms. The van der Waals surface area contributed by atoms with Crippen LogP contribution in [-0.2, 0) is 0 Å². The molecule has 1 aromatic carbocycles. The molecule has 1 saturated heterocycles. The number of aryl methyl sites for hydroxylation is 1. The maximum atomic E-state index is 11.4. The van der Waals surface area contributed by atoms with Gasteiger partial charge in [-0.05, 0) is 57.6 Å².